The molecule has 0 saturated carbocycles. The molecule has 0 spiro atoms. The van der Waals surface area contributed by atoms with Crippen LogP contribution in [0.1, 0.15) is 23.1 Å². The van der Waals surface area contributed by atoms with E-state index in [-0.39, 0.29) is 30.1 Å². The topological polar surface area (TPSA) is 89.9 Å². The minimum absolute atomic E-state index is 0.00189. The highest BCUT2D eigenvalue weighted by atomic mass is 32.2. The number of alkyl halides is 6. The zero-order chi connectivity index (χ0) is 24.9. The summed E-state index contributed by atoms with van der Waals surface area (Å²) in [5.41, 5.74) is 0.575. The van der Waals surface area contributed by atoms with E-state index < -0.39 is 58.6 Å². The van der Waals surface area contributed by atoms with Crippen molar-refractivity contribution in [3.8, 4) is 5.75 Å². The lowest BCUT2D eigenvalue weighted by atomic mass is 9.85. The fourth-order valence-electron chi connectivity index (χ4n) is 2.51. The third kappa shape index (κ3) is 8.60. The first kappa shape index (κ1) is 28.2. The molecular weight excluding hydrogens is 467 g/mol. The van der Waals surface area contributed by atoms with E-state index in [9.17, 15) is 39.6 Å². The van der Waals surface area contributed by atoms with Crippen LogP contribution in [0.15, 0.2) is 12.1 Å². The molecule has 0 aromatic heterocycles. The maximum absolute atomic E-state index is 13.5. The predicted octanol–water partition coefficient (Wildman–Crippen LogP) is 1.75. The third-order valence-electron chi connectivity index (χ3n) is 3.96. The average molecular weight is 482 g/mol. The van der Waals surface area contributed by atoms with Gasteiger partial charge in [0, 0.05) is 0 Å². The van der Waals surface area contributed by atoms with Crippen LogP contribution in [0.3, 0.4) is 0 Å². The molecule has 1 N–H and O–H groups in total. The van der Waals surface area contributed by atoms with Crippen molar-refractivity contribution in [2.24, 2.45) is 0 Å². The van der Waals surface area contributed by atoms with Crippen molar-refractivity contribution in [1.82, 2.24) is 0 Å². The molecule has 0 heterocycles. The van der Waals surface area contributed by atoms with Crippen LogP contribution in [0.25, 0.3) is 0 Å². The van der Waals surface area contributed by atoms with Crippen molar-refractivity contribution in [3.63, 3.8) is 0 Å². The Kier molecular flexibility index (Phi) is 9.58. The Morgan fingerprint density at radius 3 is 1.75 bits per heavy atom. The zero-order valence-electron chi connectivity index (χ0n) is 16.2. The monoisotopic (exact) mass is 482 g/mol. The summed E-state index contributed by atoms with van der Waals surface area (Å²) in [5.74, 6) is -4.58. The summed E-state index contributed by atoms with van der Waals surface area (Å²) in [6, 6.07) is 2.68. The standard InChI is InChI=1S/C16H15B3F6O6S/c17-4-8-1-9(5-18)14(10(2-8)6-19)31-11(15(20,21)22)3-13(26)30-12(16(23,24)25)7-32(27,28)29/h1-2,11-12H,3-7H2,(H,27,28,29). The second kappa shape index (κ2) is 10.9. The van der Waals surface area contributed by atoms with Crippen molar-refractivity contribution in [1.29, 1.82) is 0 Å². The van der Waals surface area contributed by atoms with Crippen LogP contribution in [-0.2, 0) is 38.6 Å². The summed E-state index contributed by atoms with van der Waals surface area (Å²) in [7, 11) is 11.3. The van der Waals surface area contributed by atoms with Crippen molar-refractivity contribution >= 4 is 39.6 Å². The highest BCUT2D eigenvalue weighted by molar-refractivity contribution is 7.85. The van der Waals surface area contributed by atoms with Gasteiger partial charge in [-0.05, 0) is 11.1 Å². The highest BCUT2D eigenvalue weighted by Crippen LogP contribution is 2.34. The highest BCUT2D eigenvalue weighted by Gasteiger charge is 2.48. The van der Waals surface area contributed by atoms with Crippen LogP contribution < -0.4 is 4.74 Å². The Bertz CT molecular complexity index is 882. The first-order valence-corrected chi connectivity index (χ1v) is 10.3. The van der Waals surface area contributed by atoms with Gasteiger partial charge < -0.3 is 9.47 Å². The number of halogens is 6. The number of hydrogen-bond donors (Lipinski definition) is 1. The van der Waals surface area contributed by atoms with E-state index in [1.807, 2.05) is 0 Å². The molecule has 2 atom stereocenters. The number of carbonyl (C=O) groups is 1. The van der Waals surface area contributed by atoms with Gasteiger partial charge in [-0.15, -0.1) is 0 Å². The maximum Gasteiger partial charge on any atom is 0.426 e. The lowest BCUT2D eigenvalue weighted by molar-refractivity contribution is -0.224. The normalized spacial score (nSPS) is 14.6. The van der Waals surface area contributed by atoms with Gasteiger partial charge in [-0.1, -0.05) is 36.7 Å². The Morgan fingerprint density at radius 2 is 1.41 bits per heavy atom. The SMILES string of the molecule is [B]Cc1cc(C[B])c(OC(CC(=O)OC(CS(=O)(=O)O)C(F)(F)F)C(F)(F)F)c(C[B])c1. The second-order valence-corrected chi connectivity index (χ2v) is 7.97. The molecule has 1 rings (SSSR count). The van der Waals surface area contributed by atoms with E-state index in [0.717, 1.165) is 0 Å². The van der Waals surface area contributed by atoms with E-state index >= 15 is 0 Å². The van der Waals surface area contributed by atoms with Crippen LogP contribution in [0, 0.1) is 0 Å². The number of ether oxygens (including phenoxy) is 2. The zero-order valence-corrected chi connectivity index (χ0v) is 17.1. The van der Waals surface area contributed by atoms with Gasteiger partial charge in [0.25, 0.3) is 10.1 Å². The lowest BCUT2D eigenvalue weighted by Gasteiger charge is -2.26. The Morgan fingerprint density at radius 1 is 0.938 bits per heavy atom. The summed E-state index contributed by atoms with van der Waals surface area (Å²) in [6.45, 7) is 0. The Balaban J connectivity index is 3.20. The molecular formula is C16H15B3F6O6S. The largest absolute Gasteiger partial charge is 0.480 e. The first-order chi connectivity index (χ1) is 14.5. The second-order valence-electron chi connectivity index (χ2n) is 6.48. The van der Waals surface area contributed by atoms with Gasteiger partial charge in [0.2, 0.25) is 12.2 Å². The van der Waals surface area contributed by atoms with Gasteiger partial charge in [0.15, 0.2) is 0 Å². The minimum atomic E-state index is -5.47. The molecule has 172 valence electrons. The van der Waals surface area contributed by atoms with Crippen LogP contribution in [-0.4, -0.2) is 72.8 Å². The van der Waals surface area contributed by atoms with E-state index in [2.05, 4.69) is 4.74 Å². The molecule has 1 aromatic rings. The first-order valence-electron chi connectivity index (χ1n) is 8.71. The molecule has 32 heavy (non-hydrogen) atoms. The van der Waals surface area contributed by atoms with Crippen molar-refractivity contribution in [2.45, 2.75) is 49.9 Å². The summed E-state index contributed by atoms with van der Waals surface area (Å²) in [5, 5.41) is 0. The number of carbonyl (C=O) groups excluding carboxylic acids is 1. The van der Waals surface area contributed by atoms with E-state index in [0.29, 0.717) is 5.56 Å². The molecule has 0 fully saturated rings. The molecule has 6 radical (unpaired) electrons. The van der Waals surface area contributed by atoms with Gasteiger partial charge in [-0.3, -0.25) is 9.35 Å². The van der Waals surface area contributed by atoms with Gasteiger partial charge in [-0.2, -0.15) is 34.8 Å². The summed E-state index contributed by atoms with van der Waals surface area (Å²) in [4.78, 5) is 11.8. The molecule has 0 aliphatic heterocycles. The number of benzene rings is 1. The molecule has 0 saturated heterocycles. The van der Waals surface area contributed by atoms with Gasteiger partial charge in [0.1, 0.15) is 11.5 Å². The third-order valence-corrected chi connectivity index (χ3v) is 4.68. The predicted molar refractivity (Wildman–Crippen MR) is 102 cm³/mol. The molecule has 0 aliphatic rings. The fraction of sp³-hybridized carbons (Fsp3) is 0.562. The van der Waals surface area contributed by atoms with Crippen molar-refractivity contribution < 1.29 is 53.6 Å². The smallest absolute Gasteiger partial charge is 0.426 e. The molecule has 6 nitrogen and oxygen atoms in total. The molecule has 0 amide bonds. The van der Waals surface area contributed by atoms with E-state index in [1.54, 1.807) is 0 Å². The summed E-state index contributed by atoms with van der Waals surface area (Å²) in [6.07, 6.45) is -19.5. The summed E-state index contributed by atoms with van der Waals surface area (Å²) < 4.78 is 118. The van der Waals surface area contributed by atoms with Gasteiger partial charge >= 0.3 is 18.3 Å². The van der Waals surface area contributed by atoms with E-state index in [1.165, 1.54) is 12.1 Å². The lowest BCUT2D eigenvalue weighted by Crippen LogP contribution is -2.42. The van der Waals surface area contributed by atoms with Crippen molar-refractivity contribution in [3.05, 3.63) is 28.8 Å². The van der Waals surface area contributed by atoms with Crippen LogP contribution >= 0.6 is 0 Å². The maximum atomic E-state index is 13.5. The number of hydrogen-bond acceptors (Lipinski definition) is 5. The van der Waals surface area contributed by atoms with Gasteiger partial charge in [0.05, 0.1) is 30.0 Å². The Labute approximate surface area is 184 Å². The molecule has 1 aromatic carbocycles. The number of esters is 1. The Hall–Kier alpha value is -1.83. The van der Waals surface area contributed by atoms with Gasteiger partial charge in [-0.25, -0.2) is 0 Å². The average Bonchev–Trinajstić information content (AvgIpc) is 2.64. The van der Waals surface area contributed by atoms with Crippen LogP contribution in [0.2, 0.25) is 0 Å². The molecule has 16 heteroatoms. The molecule has 0 bridgehead atoms. The number of rotatable bonds is 10. The van der Waals surface area contributed by atoms with Crippen molar-refractivity contribution in [2.75, 3.05) is 5.75 Å². The van der Waals surface area contributed by atoms with Crippen LogP contribution in [0.4, 0.5) is 26.3 Å². The summed E-state index contributed by atoms with van der Waals surface area (Å²) >= 11 is 0. The van der Waals surface area contributed by atoms with Crippen LogP contribution in [0.5, 0.6) is 5.75 Å². The molecule has 0 aliphatic carbocycles. The van der Waals surface area contributed by atoms with E-state index in [4.69, 9.17) is 32.8 Å². The fourth-order valence-corrected chi connectivity index (χ4v) is 3.15. The quantitative estimate of drug-likeness (QED) is 0.237. The minimum Gasteiger partial charge on any atom is -0.480 e. The molecule has 2 unspecified atom stereocenters.